The van der Waals surface area contributed by atoms with Gasteiger partial charge in [-0.25, -0.2) is 0 Å². The van der Waals surface area contributed by atoms with E-state index in [9.17, 15) is 0 Å². The Bertz CT molecular complexity index is 553. The van der Waals surface area contributed by atoms with Crippen molar-refractivity contribution < 1.29 is 0 Å². The normalized spacial score (nSPS) is 18.1. The first-order valence-electron chi connectivity index (χ1n) is 8.05. The second-order valence-corrected chi connectivity index (χ2v) is 8.56. The van der Waals surface area contributed by atoms with Gasteiger partial charge in [-0.1, -0.05) is 67.2 Å². The van der Waals surface area contributed by atoms with E-state index >= 15 is 0 Å². The summed E-state index contributed by atoms with van der Waals surface area (Å²) in [5.74, 6) is 0.558. The Labute approximate surface area is 131 Å². The van der Waals surface area contributed by atoms with Gasteiger partial charge >= 0.3 is 0 Å². The highest BCUT2D eigenvalue weighted by Crippen LogP contribution is 2.48. The van der Waals surface area contributed by atoms with Gasteiger partial charge in [-0.2, -0.15) is 0 Å². The molecule has 0 saturated heterocycles. The predicted molar refractivity (Wildman–Crippen MR) is 94.4 cm³/mol. The van der Waals surface area contributed by atoms with E-state index in [1.54, 1.807) is 0 Å². The van der Waals surface area contributed by atoms with E-state index in [2.05, 4.69) is 79.1 Å². The number of hydrogen-bond acceptors (Lipinski definition) is 1. The van der Waals surface area contributed by atoms with Crippen LogP contribution in [-0.2, 0) is 10.8 Å². The fourth-order valence-corrected chi connectivity index (χ4v) is 3.32. The van der Waals surface area contributed by atoms with E-state index in [1.807, 2.05) is 0 Å². The van der Waals surface area contributed by atoms with Crippen LogP contribution in [-0.4, -0.2) is 7.05 Å². The lowest BCUT2D eigenvalue weighted by Crippen LogP contribution is -2.35. The Balaban J connectivity index is 2.84. The summed E-state index contributed by atoms with van der Waals surface area (Å²) in [5, 5.41) is 0. The number of allylic oxidation sites excluding steroid dienone is 1. The molecule has 0 saturated carbocycles. The molecule has 0 fully saturated rings. The van der Waals surface area contributed by atoms with E-state index in [4.69, 9.17) is 0 Å². The van der Waals surface area contributed by atoms with Gasteiger partial charge in [0.05, 0.1) is 0 Å². The average Bonchev–Trinajstić information content (AvgIpc) is 2.33. The maximum atomic E-state index is 4.30. The molecule has 0 atom stereocenters. The van der Waals surface area contributed by atoms with Crippen LogP contribution in [0.15, 0.2) is 24.4 Å². The van der Waals surface area contributed by atoms with Crippen molar-refractivity contribution >= 4 is 5.69 Å². The van der Waals surface area contributed by atoms with Crippen LogP contribution >= 0.6 is 0 Å². The highest BCUT2D eigenvalue weighted by Gasteiger charge is 2.36. The van der Waals surface area contributed by atoms with E-state index in [1.165, 1.54) is 28.1 Å². The Morgan fingerprint density at radius 2 is 1.76 bits per heavy atom. The van der Waals surface area contributed by atoms with Crippen molar-refractivity contribution in [3.8, 4) is 0 Å². The summed E-state index contributed by atoms with van der Waals surface area (Å²) < 4.78 is 0. The number of nitrogens with zero attached hydrogens (tertiary/aromatic N) is 1. The highest BCUT2D eigenvalue weighted by atomic mass is 15.1. The molecule has 0 N–H and O–H groups in total. The Morgan fingerprint density at radius 3 is 2.24 bits per heavy atom. The van der Waals surface area contributed by atoms with Crippen molar-refractivity contribution in [1.82, 2.24) is 0 Å². The smallest absolute Gasteiger partial charge is 0.0481 e. The molecular formula is C20H31N. The van der Waals surface area contributed by atoms with E-state index in [0.29, 0.717) is 5.92 Å². The highest BCUT2D eigenvalue weighted by molar-refractivity contribution is 5.70. The second-order valence-electron chi connectivity index (χ2n) is 8.56. The zero-order valence-corrected chi connectivity index (χ0v) is 15.1. The third-order valence-electron chi connectivity index (χ3n) is 4.79. The molecule has 116 valence electrons. The van der Waals surface area contributed by atoms with Crippen LogP contribution in [0.5, 0.6) is 0 Å². The van der Waals surface area contributed by atoms with Gasteiger partial charge in [0.1, 0.15) is 0 Å². The van der Waals surface area contributed by atoms with Crippen molar-refractivity contribution in [2.24, 2.45) is 0 Å². The van der Waals surface area contributed by atoms with Crippen LogP contribution in [0.3, 0.4) is 0 Å². The first-order valence-corrected chi connectivity index (χ1v) is 8.05. The van der Waals surface area contributed by atoms with Gasteiger partial charge in [-0.05, 0) is 39.9 Å². The number of fused-ring (bicyclic) bond motifs is 1. The van der Waals surface area contributed by atoms with Gasteiger partial charge in [0.15, 0.2) is 0 Å². The maximum absolute atomic E-state index is 4.30. The van der Waals surface area contributed by atoms with Crippen molar-refractivity contribution in [2.75, 3.05) is 11.9 Å². The Morgan fingerprint density at radius 1 is 1.19 bits per heavy atom. The minimum absolute atomic E-state index is 0.136. The number of hydrogen-bond donors (Lipinski definition) is 0. The molecule has 1 aliphatic heterocycles. The SMILES string of the molecule is C=C1CC(C)(C)c2cc(C(C)C)cc(C(C)(C)C)c2N1C. The van der Waals surface area contributed by atoms with Crippen molar-refractivity contribution in [1.29, 1.82) is 0 Å². The molecule has 1 heterocycles. The van der Waals surface area contributed by atoms with Crippen LogP contribution in [0.1, 0.15) is 77.5 Å². The summed E-state index contributed by atoms with van der Waals surface area (Å²) in [4.78, 5) is 2.31. The van der Waals surface area contributed by atoms with E-state index in [-0.39, 0.29) is 10.8 Å². The van der Waals surface area contributed by atoms with Gasteiger partial charge in [0.2, 0.25) is 0 Å². The molecule has 1 heteroatoms. The second kappa shape index (κ2) is 4.90. The fourth-order valence-electron chi connectivity index (χ4n) is 3.32. The molecule has 0 spiro atoms. The van der Waals surface area contributed by atoms with Crippen molar-refractivity contribution in [2.45, 2.75) is 71.6 Å². The first kappa shape index (κ1) is 16.1. The lowest BCUT2D eigenvalue weighted by molar-refractivity contribution is 0.491. The van der Waals surface area contributed by atoms with E-state index in [0.717, 1.165) is 6.42 Å². The summed E-state index contributed by atoms with van der Waals surface area (Å²) in [7, 11) is 2.17. The topological polar surface area (TPSA) is 3.24 Å². The monoisotopic (exact) mass is 285 g/mol. The molecule has 0 amide bonds. The lowest BCUT2D eigenvalue weighted by Gasteiger charge is -2.43. The Kier molecular flexibility index (Phi) is 3.76. The largest absolute Gasteiger partial charge is 0.348 e. The van der Waals surface area contributed by atoms with Gasteiger partial charge < -0.3 is 4.90 Å². The summed E-state index contributed by atoms with van der Waals surface area (Å²) >= 11 is 0. The zero-order chi connectivity index (χ0) is 16.2. The van der Waals surface area contributed by atoms with Crippen LogP contribution in [0.4, 0.5) is 5.69 Å². The predicted octanol–water partition coefficient (Wildman–Crippen LogP) is 5.74. The molecule has 0 bridgehead atoms. The van der Waals surface area contributed by atoms with Crippen LogP contribution in [0.2, 0.25) is 0 Å². The molecule has 0 radical (unpaired) electrons. The van der Waals surface area contributed by atoms with Gasteiger partial charge in [0, 0.05) is 18.4 Å². The van der Waals surface area contributed by atoms with E-state index < -0.39 is 0 Å². The minimum atomic E-state index is 0.136. The quantitative estimate of drug-likeness (QED) is 0.636. The summed E-state index contributed by atoms with van der Waals surface area (Å²) in [6, 6.07) is 4.84. The fraction of sp³-hybridized carbons (Fsp3) is 0.600. The summed E-state index contributed by atoms with van der Waals surface area (Å²) in [6.45, 7) is 20.5. The molecule has 0 aromatic heterocycles. The van der Waals surface area contributed by atoms with Crippen LogP contribution in [0, 0.1) is 0 Å². The van der Waals surface area contributed by atoms with Crippen molar-refractivity contribution in [3.05, 3.63) is 41.1 Å². The van der Waals surface area contributed by atoms with Crippen LogP contribution in [0.25, 0.3) is 0 Å². The van der Waals surface area contributed by atoms with Gasteiger partial charge in [0.25, 0.3) is 0 Å². The number of rotatable bonds is 1. The van der Waals surface area contributed by atoms with Gasteiger partial charge in [-0.15, -0.1) is 0 Å². The molecular weight excluding hydrogens is 254 g/mol. The molecule has 1 nitrogen and oxygen atoms in total. The molecule has 1 aliphatic rings. The lowest BCUT2D eigenvalue weighted by atomic mass is 9.71. The van der Waals surface area contributed by atoms with Crippen molar-refractivity contribution in [3.63, 3.8) is 0 Å². The van der Waals surface area contributed by atoms with Crippen LogP contribution < -0.4 is 4.90 Å². The third-order valence-corrected chi connectivity index (χ3v) is 4.79. The molecule has 1 aromatic rings. The Hall–Kier alpha value is -1.24. The molecule has 21 heavy (non-hydrogen) atoms. The average molecular weight is 285 g/mol. The summed E-state index contributed by atoms with van der Waals surface area (Å²) in [5.41, 5.74) is 7.27. The first-order chi connectivity index (χ1) is 9.45. The molecule has 1 aromatic carbocycles. The molecule has 0 unspecified atom stereocenters. The summed E-state index contributed by atoms with van der Waals surface area (Å²) in [6.07, 6.45) is 1.03. The zero-order valence-electron chi connectivity index (χ0n) is 15.1. The maximum Gasteiger partial charge on any atom is 0.0481 e. The molecule has 0 aliphatic carbocycles. The molecule has 2 rings (SSSR count). The number of anilines is 1. The standard InChI is InChI=1S/C20H31N/c1-13(2)15-10-16(19(4,5)6)18-17(11-15)20(7,8)12-14(3)21(18)9/h10-11,13H,3,12H2,1-2,4-9H3. The minimum Gasteiger partial charge on any atom is -0.348 e. The third kappa shape index (κ3) is 2.75. The number of benzene rings is 1. The van der Waals surface area contributed by atoms with Gasteiger partial charge in [-0.3, -0.25) is 0 Å².